The first-order chi connectivity index (χ1) is 3.56. The van der Waals surface area contributed by atoms with Gasteiger partial charge in [0.25, 0.3) is 10.0 Å². The Balaban J connectivity index is 3.92. The van der Waals surface area contributed by atoms with E-state index in [1.807, 2.05) is 0 Å². The van der Waals surface area contributed by atoms with Crippen molar-refractivity contribution in [3.63, 3.8) is 0 Å². The molecule has 0 rings (SSSR count). The highest BCUT2D eigenvalue weighted by Crippen LogP contribution is 1.96. The number of hydrogen-bond donors (Lipinski definition) is 0. The maximum Gasteiger partial charge on any atom is 0.268 e. The average molecular weight is 154 g/mol. The van der Waals surface area contributed by atoms with E-state index < -0.39 is 10.0 Å². The van der Waals surface area contributed by atoms with Crippen LogP contribution in [0.5, 0.6) is 0 Å². The molecule has 0 saturated heterocycles. The Morgan fingerprint density at radius 3 is 2.12 bits per heavy atom. The second kappa shape index (κ2) is 3.03. The van der Waals surface area contributed by atoms with E-state index in [1.165, 1.54) is 0 Å². The first kappa shape index (κ1) is 7.90. The Kier molecular flexibility index (Phi) is 2.99. The monoisotopic (exact) mass is 154 g/mol. The summed E-state index contributed by atoms with van der Waals surface area (Å²) in [6.07, 6.45) is 2.63. The molecule has 8 heavy (non-hydrogen) atoms. The van der Waals surface area contributed by atoms with Crippen molar-refractivity contribution in [2.24, 2.45) is 9.04 Å². The van der Waals surface area contributed by atoms with Crippen LogP contribution in [0.3, 0.4) is 0 Å². The Morgan fingerprint density at radius 1 is 1.50 bits per heavy atom. The third kappa shape index (κ3) is 5.90. The van der Waals surface area contributed by atoms with Crippen LogP contribution in [0.4, 0.5) is 0 Å². The highest BCUT2D eigenvalue weighted by molar-refractivity contribution is 7.97. The van der Waals surface area contributed by atoms with Gasteiger partial charge in [-0.05, 0) is 11.9 Å². The van der Waals surface area contributed by atoms with Crippen molar-refractivity contribution in [1.82, 2.24) is 0 Å². The summed E-state index contributed by atoms with van der Waals surface area (Å²) in [6.45, 7) is 0. The molecule has 0 heterocycles. The molecule has 0 saturated carbocycles. The van der Waals surface area contributed by atoms with E-state index in [9.17, 15) is 8.42 Å². The van der Waals surface area contributed by atoms with Crippen molar-refractivity contribution in [2.45, 2.75) is 0 Å². The van der Waals surface area contributed by atoms with Crippen LogP contribution in [0.15, 0.2) is 9.04 Å². The van der Waals surface area contributed by atoms with Crippen LogP contribution in [-0.2, 0) is 10.0 Å². The van der Waals surface area contributed by atoms with E-state index >= 15 is 0 Å². The summed E-state index contributed by atoms with van der Waals surface area (Å²) in [6, 6.07) is 0. The number of nitrogens with zero attached hydrogens (tertiary/aromatic N) is 2. The molecule has 0 atom stereocenters. The lowest BCUT2D eigenvalue weighted by atomic mass is 12.0. The summed E-state index contributed by atoms with van der Waals surface area (Å²) in [4.78, 5) is 0. The van der Waals surface area contributed by atoms with Crippen molar-refractivity contribution < 1.29 is 8.42 Å². The topological polar surface area (TPSA) is 58.9 Å². The molecule has 4 nitrogen and oxygen atoms in total. The highest BCUT2D eigenvalue weighted by atomic mass is 32.2. The third-order valence-electron chi connectivity index (χ3n) is 0.263. The van der Waals surface area contributed by atoms with Crippen molar-refractivity contribution in [2.75, 3.05) is 12.5 Å². The van der Waals surface area contributed by atoms with Gasteiger partial charge in [0, 0.05) is 6.26 Å². The average Bonchev–Trinajstić information content (AvgIpc) is 1.59. The van der Waals surface area contributed by atoms with E-state index in [1.54, 1.807) is 6.26 Å². The van der Waals surface area contributed by atoms with Crippen LogP contribution >= 0.6 is 11.9 Å². The molecule has 0 fully saturated rings. The predicted octanol–water partition coefficient (Wildman–Crippen LogP) is 0.676. The van der Waals surface area contributed by atoms with Gasteiger partial charge in [0.1, 0.15) is 0 Å². The smallest absolute Gasteiger partial charge is 0.203 e. The fourth-order valence-corrected chi connectivity index (χ4v) is 0.845. The Bertz CT molecular complexity index is 170. The van der Waals surface area contributed by atoms with Crippen LogP contribution in [0.25, 0.3) is 0 Å². The first-order valence-electron chi connectivity index (χ1n) is 1.71. The van der Waals surface area contributed by atoms with E-state index in [0.29, 0.717) is 0 Å². The number of hydrogen-bond acceptors (Lipinski definition) is 4. The maximum absolute atomic E-state index is 10.1. The fourth-order valence-electron chi connectivity index (χ4n) is 0.0939. The molecule has 0 aromatic carbocycles. The van der Waals surface area contributed by atoms with Gasteiger partial charge in [0.2, 0.25) is 0 Å². The van der Waals surface area contributed by atoms with E-state index in [2.05, 4.69) is 9.04 Å². The van der Waals surface area contributed by atoms with E-state index in [-0.39, 0.29) is 0 Å². The summed E-state index contributed by atoms with van der Waals surface area (Å²) < 4.78 is 26.4. The molecule has 0 aromatic rings. The zero-order valence-electron chi connectivity index (χ0n) is 4.53. The Labute approximate surface area is 52.6 Å². The van der Waals surface area contributed by atoms with Crippen LogP contribution in [0, 0.1) is 0 Å². The van der Waals surface area contributed by atoms with Gasteiger partial charge in [0.05, 0.1) is 6.26 Å². The molecular weight excluding hydrogens is 148 g/mol. The standard InChI is InChI=1S/C2H6N2O2S2/c1-7-3-4-8(2,5)6/h1-2H3. The molecule has 0 bridgehead atoms. The number of rotatable bonds is 2. The maximum atomic E-state index is 10.1. The van der Waals surface area contributed by atoms with E-state index in [0.717, 1.165) is 18.2 Å². The fraction of sp³-hybridized carbons (Fsp3) is 1.00. The summed E-state index contributed by atoms with van der Waals surface area (Å²) in [7, 11) is -3.25. The van der Waals surface area contributed by atoms with Gasteiger partial charge in [-0.1, -0.05) is 4.52 Å². The lowest BCUT2D eigenvalue weighted by Crippen LogP contribution is -1.85. The summed E-state index contributed by atoms with van der Waals surface area (Å²) in [5.41, 5.74) is 0. The molecule has 0 unspecified atom stereocenters. The highest BCUT2D eigenvalue weighted by Gasteiger charge is 1.92. The molecule has 0 amide bonds. The van der Waals surface area contributed by atoms with Crippen LogP contribution in [0.2, 0.25) is 0 Å². The minimum atomic E-state index is -3.25. The molecule has 6 heteroatoms. The zero-order chi connectivity index (χ0) is 6.62. The quantitative estimate of drug-likeness (QED) is 0.434. The molecule has 0 aliphatic heterocycles. The van der Waals surface area contributed by atoms with Gasteiger partial charge in [-0.25, -0.2) is 8.42 Å². The third-order valence-corrected chi connectivity index (χ3v) is 0.990. The lowest BCUT2D eigenvalue weighted by molar-refractivity contribution is 0.602. The summed E-state index contributed by atoms with van der Waals surface area (Å²) >= 11 is 1.01. The van der Waals surface area contributed by atoms with Gasteiger partial charge in [0.15, 0.2) is 0 Å². The molecule has 0 aliphatic rings. The lowest BCUT2D eigenvalue weighted by Gasteiger charge is -1.78. The molecule has 0 aliphatic carbocycles. The van der Waals surface area contributed by atoms with Gasteiger partial charge >= 0.3 is 0 Å². The van der Waals surface area contributed by atoms with Gasteiger partial charge in [-0.15, -0.1) is 4.52 Å². The molecule has 48 valence electrons. The van der Waals surface area contributed by atoms with Crippen LogP contribution < -0.4 is 0 Å². The van der Waals surface area contributed by atoms with Crippen molar-refractivity contribution in [3.8, 4) is 0 Å². The first-order valence-corrected chi connectivity index (χ1v) is 4.74. The van der Waals surface area contributed by atoms with Crippen molar-refractivity contribution >= 4 is 22.0 Å². The minimum Gasteiger partial charge on any atom is -0.203 e. The SMILES string of the molecule is CSN=NS(C)(=O)=O. The Hall–Kier alpha value is -0.100. The van der Waals surface area contributed by atoms with Crippen molar-refractivity contribution in [3.05, 3.63) is 0 Å². The Morgan fingerprint density at radius 2 is 2.00 bits per heavy atom. The molecule has 0 spiro atoms. The van der Waals surface area contributed by atoms with Crippen molar-refractivity contribution in [1.29, 1.82) is 0 Å². The number of sulfonamides is 1. The zero-order valence-corrected chi connectivity index (χ0v) is 6.16. The largest absolute Gasteiger partial charge is 0.268 e. The second-order valence-corrected chi connectivity index (χ2v) is 3.24. The van der Waals surface area contributed by atoms with Gasteiger partial charge in [-0.3, -0.25) is 0 Å². The summed E-state index contributed by atoms with van der Waals surface area (Å²) in [5.74, 6) is 0. The predicted molar refractivity (Wildman–Crippen MR) is 33.2 cm³/mol. The van der Waals surface area contributed by atoms with Gasteiger partial charge < -0.3 is 0 Å². The molecular formula is C2H6N2O2S2. The molecule has 0 radical (unpaired) electrons. The second-order valence-electron chi connectivity index (χ2n) is 1.08. The summed E-state index contributed by atoms with van der Waals surface area (Å²) in [5, 5.41) is 0. The minimum absolute atomic E-state index is 0.993. The normalized spacial score (nSPS) is 12.8. The van der Waals surface area contributed by atoms with Gasteiger partial charge in [-0.2, -0.15) is 0 Å². The molecule has 0 N–H and O–H groups in total. The van der Waals surface area contributed by atoms with E-state index in [4.69, 9.17) is 0 Å². The van der Waals surface area contributed by atoms with Crippen LogP contribution in [-0.4, -0.2) is 20.9 Å². The molecule has 0 aromatic heterocycles. The van der Waals surface area contributed by atoms with Crippen LogP contribution in [0.1, 0.15) is 0 Å².